The van der Waals surface area contributed by atoms with Crippen molar-refractivity contribution in [3.8, 4) is 0 Å². The standard InChI is InChI=1S/C75H105FN10O12S/c1-7-9-11-13-16-20-24-67(88)80-54-30-35-59-62(48-54)75(40-39-66(87)78-42-44-96-46-47-97-45-43-85(6)72(92)65-51-57(83-84-77)52-86(65)70(91)38-29-53-27-33-58(34-28-53)99(76,94)95)63-49-55(81-68(89)25-21-17-14-12-10-8-2)31-36-60(63)71(59)61-37-32-56(50-64(61)75)82-69(90)26-22-18-15-19-23-41-79-73(93)98-74(3,4)5/h27-28,30-37,48-50,57,65,71H,7-26,29,38-47,51-52H2,1-6H3,(H,78,87)(H,79,93)(H,80,88)(H,81,89)(H,82,90)/t57-,65-,71?,75?/m0/s1. The van der Waals surface area contributed by atoms with Gasteiger partial charge in [0, 0.05) is 98.6 Å². The molecule has 99 heavy (non-hydrogen) atoms. The normalized spacial score (nSPS) is 16.6. The SMILES string of the molecule is CCCCCCCCC(=O)Nc1ccc2c(c1)C1(CCC(=O)NCCOCCOCCN(C)C(=O)[C@@H]3C[C@H](N=[N+]=[N-])CN3C(=O)CCc3ccc(S(=O)(=O)F)cc3)c3cc(NC(=O)CCCCCCCC)ccc3C2c2ccc(NC(=O)CCCCCCCNC(=O)OC(C)(C)C)cc21. The predicted octanol–water partition coefficient (Wildman–Crippen LogP) is 14.0. The molecule has 0 unspecified atom stereocenters. The summed E-state index contributed by atoms with van der Waals surface area (Å²) in [5.41, 5.74) is 16.0. The minimum Gasteiger partial charge on any atom is -0.444 e. The van der Waals surface area contributed by atoms with E-state index in [4.69, 9.17) is 19.7 Å². The minimum atomic E-state index is -4.87. The monoisotopic (exact) mass is 1390 g/mol. The van der Waals surface area contributed by atoms with E-state index in [1.54, 1.807) is 7.05 Å². The molecular weight excluding hydrogens is 1280 g/mol. The maximum absolute atomic E-state index is 14.3. The third-order valence-corrected chi connectivity index (χ3v) is 19.5. The van der Waals surface area contributed by atoms with Gasteiger partial charge in [-0.2, -0.15) is 8.42 Å². The number of likely N-dealkylation sites (N-methyl/N-ethyl adjacent to an activating group) is 1. The number of azide groups is 1. The van der Waals surface area contributed by atoms with Crippen LogP contribution in [-0.4, -0.2) is 137 Å². The van der Waals surface area contributed by atoms with Crippen LogP contribution in [0.25, 0.3) is 10.4 Å². The summed E-state index contributed by atoms with van der Waals surface area (Å²) in [6, 6.07) is 21.9. The van der Waals surface area contributed by atoms with Crippen molar-refractivity contribution in [3.05, 3.63) is 128 Å². The summed E-state index contributed by atoms with van der Waals surface area (Å²) in [6.07, 6.45) is 18.1. The van der Waals surface area contributed by atoms with Crippen LogP contribution in [-0.2, 0) is 65.0 Å². The van der Waals surface area contributed by atoms with Crippen LogP contribution in [0, 0.1) is 0 Å². The van der Waals surface area contributed by atoms with Crippen LogP contribution in [0.3, 0.4) is 0 Å². The number of nitrogens with zero attached hydrogens (tertiary/aromatic N) is 5. The summed E-state index contributed by atoms with van der Waals surface area (Å²) < 4.78 is 53.0. The van der Waals surface area contributed by atoms with Crippen molar-refractivity contribution in [2.75, 3.05) is 75.6 Å². The number of alkyl carbamates (subject to hydrolysis) is 1. The van der Waals surface area contributed by atoms with Crippen molar-refractivity contribution in [3.63, 3.8) is 0 Å². The van der Waals surface area contributed by atoms with Crippen molar-refractivity contribution >= 4 is 68.8 Å². The number of ether oxygens (including phenoxy) is 3. The number of hydrogen-bond acceptors (Lipinski definition) is 13. The number of anilines is 3. The van der Waals surface area contributed by atoms with Gasteiger partial charge >= 0.3 is 16.3 Å². The van der Waals surface area contributed by atoms with Crippen LogP contribution in [0.4, 0.5) is 25.7 Å². The third-order valence-electron chi connectivity index (χ3n) is 18.6. The Hall–Kier alpha value is -7.92. The molecular formula is C75H105FN10O12S. The molecule has 4 aromatic carbocycles. The Morgan fingerprint density at radius 1 is 0.616 bits per heavy atom. The second-order valence-corrected chi connectivity index (χ2v) is 28.8. The zero-order chi connectivity index (χ0) is 71.4. The zero-order valence-electron chi connectivity index (χ0n) is 59.0. The number of unbranched alkanes of at least 4 members (excludes halogenated alkanes) is 14. The molecule has 2 bridgehead atoms. The lowest BCUT2D eigenvalue weighted by atomic mass is 9.51. The molecule has 3 aliphatic carbocycles. The van der Waals surface area contributed by atoms with Crippen LogP contribution in [0.15, 0.2) is 88.9 Å². The molecule has 0 radical (unpaired) electrons. The molecule has 4 aromatic rings. The largest absolute Gasteiger partial charge is 0.444 e. The van der Waals surface area contributed by atoms with Crippen molar-refractivity contribution in [1.82, 2.24) is 20.4 Å². The van der Waals surface area contributed by atoms with Gasteiger partial charge in [-0.1, -0.05) is 133 Å². The van der Waals surface area contributed by atoms with Gasteiger partial charge in [0.05, 0.1) is 37.4 Å². The average Bonchev–Trinajstić information content (AvgIpc) is 1.01. The Morgan fingerprint density at radius 3 is 1.59 bits per heavy atom. The van der Waals surface area contributed by atoms with Gasteiger partial charge in [0.1, 0.15) is 11.6 Å². The van der Waals surface area contributed by atoms with E-state index in [9.17, 15) is 45.9 Å². The number of hydrogen-bond donors (Lipinski definition) is 5. The Kier molecular flexibility index (Phi) is 31.0. The molecule has 5 N–H and O–H groups in total. The highest BCUT2D eigenvalue weighted by Gasteiger charge is 2.52. The molecule has 7 amide bonds. The smallest absolute Gasteiger partial charge is 0.407 e. The summed E-state index contributed by atoms with van der Waals surface area (Å²) in [5, 5.41) is 19.2. The van der Waals surface area contributed by atoms with Gasteiger partial charge < -0.3 is 50.6 Å². The van der Waals surface area contributed by atoms with Crippen LogP contribution < -0.4 is 26.6 Å². The van der Waals surface area contributed by atoms with Gasteiger partial charge in [-0.3, -0.25) is 28.8 Å². The van der Waals surface area contributed by atoms with Gasteiger partial charge in [-0.25, -0.2) is 4.79 Å². The van der Waals surface area contributed by atoms with Gasteiger partial charge in [0.2, 0.25) is 35.4 Å². The fraction of sp³-hybridized carbons (Fsp3) is 0.587. The van der Waals surface area contributed by atoms with Crippen molar-refractivity contribution < 1.29 is 60.1 Å². The Morgan fingerprint density at radius 2 is 1.10 bits per heavy atom. The molecule has 1 saturated heterocycles. The number of halogens is 1. The third kappa shape index (κ3) is 23.9. The van der Waals surface area contributed by atoms with E-state index in [1.807, 2.05) is 45.0 Å². The Labute approximate surface area is 584 Å². The van der Waals surface area contributed by atoms with Gasteiger partial charge in [-0.05, 0) is 159 Å². The molecule has 2 atom stereocenters. The first-order valence-electron chi connectivity index (χ1n) is 35.9. The molecule has 1 aliphatic heterocycles. The van der Waals surface area contributed by atoms with Gasteiger partial charge in [-0.15, -0.1) is 3.89 Å². The first kappa shape index (κ1) is 78.4. The number of carbonyl (C=O) groups excluding carboxylic acids is 7. The number of likely N-dealkylation sites (tertiary alicyclic amines) is 1. The fourth-order valence-electron chi connectivity index (χ4n) is 13.6. The molecule has 1 heterocycles. The summed E-state index contributed by atoms with van der Waals surface area (Å²) in [4.78, 5) is 100.0. The Bertz CT molecular complexity index is 3460. The zero-order valence-corrected chi connectivity index (χ0v) is 59.8. The molecule has 0 saturated carbocycles. The lowest BCUT2D eigenvalue weighted by molar-refractivity contribution is -0.143. The quantitative estimate of drug-likeness (QED) is 0.00909. The highest BCUT2D eigenvalue weighted by molar-refractivity contribution is 7.86. The van der Waals surface area contributed by atoms with Crippen LogP contribution >= 0.6 is 0 Å². The molecule has 4 aliphatic rings. The molecule has 1 fully saturated rings. The molecule has 8 rings (SSSR count). The molecule has 0 aromatic heterocycles. The second-order valence-electron chi connectivity index (χ2n) is 27.4. The minimum absolute atomic E-state index is 0.0215. The first-order valence-corrected chi connectivity index (χ1v) is 37.3. The van der Waals surface area contributed by atoms with Crippen LogP contribution in [0.2, 0.25) is 0 Å². The number of aryl methyl sites for hydroxylation is 1. The van der Waals surface area contributed by atoms with E-state index in [2.05, 4.69) is 80.8 Å². The maximum atomic E-state index is 14.3. The lowest BCUT2D eigenvalue weighted by Gasteiger charge is -2.51. The van der Waals surface area contributed by atoms with E-state index in [-0.39, 0.29) is 113 Å². The van der Waals surface area contributed by atoms with E-state index >= 15 is 0 Å². The van der Waals surface area contributed by atoms with Gasteiger partial charge in [0.25, 0.3) is 0 Å². The lowest BCUT2D eigenvalue weighted by Crippen LogP contribution is -2.47. The molecule has 540 valence electrons. The highest BCUT2D eigenvalue weighted by Crippen LogP contribution is 2.62. The van der Waals surface area contributed by atoms with Crippen molar-refractivity contribution in [1.29, 1.82) is 0 Å². The highest BCUT2D eigenvalue weighted by atomic mass is 32.3. The number of amides is 7. The van der Waals surface area contributed by atoms with Crippen LogP contribution in [0.5, 0.6) is 0 Å². The number of nitrogens with one attached hydrogen (secondary N) is 5. The number of carbonyl (C=O) groups is 7. The fourth-order valence-corrected chi connectivity index (χ4v) is 14.1. The predicted molar refractivity (Wildman–Crippen MR) is 382 cm³/mol. The topological polar surface area (TPSA) is 297 Å². The molecule has 0 spiro atoms. The van der Waals surface area contributed by atoms with E-state index in [1.165, 1.54) is 34.8 Å². The summed E-state index contributed by atoms with van der Waals surface area (Å²) in [5.74, 6) is -1.43. The van der Waals surface area contributed by atoms with E-state index in [0.29, 0.717) is 61.3 Å². The summed E-state index contributed by atoms with van der Waals surface area (Å²) in [6.45, 7) is 11.5. The maximum Gasteiger partial charge on any atom is 0.407 e. The van der Waals surface area contributed by atoms with Crippen molar-refractivity contribution in [2.45, 2.75) is 229 Å². The average molecular weight is 1390 g/mol. The molecule has 24 heteroatoms. The first-order chi connectivity index (χ1) is 47.5. The number of benzene rings is 4. The second kappa shape index (κ2) is 39.2. The van der Waals surface area contributed by atoms with E-state index < -0.39 is 44.3 Å². The summed E-state index contributed by atoms with van der Waals surface area (Å²) >= 11 is 0. The molecule has 22 nitrogen and oxygen atoms in total. The Balaban J connectivity index is 1.00. The summed E-state index contributed by atoms with van der Waals surface area (Å²) in [7, 11) is -3.28. The van der Waals surface area contributed by atoms with Crippen LogP contribution in [0.1, 0.15) is 234 Å². The van der Waals surface area contributed by atoms with Crippen molar-refractivity contribution in [2.24, 2.45) is 5.11 Å². The number of rotatable bonds is 43. The van der Waals surface area contributed by atoms with Gasteiger partial charge in [0.15, 0.2) is 0 Å². The van der Waals surface area contributed by atoms with E-state index in [0.717, 1.165) is 135 Å².